The van der Waals surface area contributed by atoms with Crippen LogP contribution in [0.3, 0.4) is 0 Å². The van der Waals surface area contributed by atoms with Gasteiger partial charge >= 0.3 is 5.97 Å². The molecule has 6 heteroatoms. The Labute approximate surface area is 148 Å². The normalized spacial score (nSPS) is 18.5. The first-order valence-corrected chi connectivity index (χ1v) is 10.1. The minimum absolute atomic E-state index is 0.275. The van der Waals surface area contributed by atoms with E-state index in [1.165, 1.54) is 0 Å². The lowest BCUT2D eigenvalue weighted by Gasteiger charge is -2.17. The fourth-order valence-corrected chi connectivity index (χ4v) is 5.03. The highest BCUT2D eigenvalue weighted by Gasteiger charge is 2.32. The summed E-state index contributed by atoms with van der Waals surface area (Å²) in [5.41, 5.74) is 1.49. The zero-order chi connectivity index (χ0) is 15.7. The van der Waals surface area contributed by atoms with Crippen LogP contribution in [0.2, 0.25) is 10.0 Å². The Bertz CT molecular complexity index is 708. The topological polar surface area (TPSA) is 49.7 Å². The van der Waals surface area contributed by atoms with E-state index in [4.69, 9.17) is 23.2 Å². The minimum atomic E-state index is -0.833. The van der Waals surface area contributed by atoms with Gasteiger partial charge in [-0.3, -0.25) is 9.79 Å². The summed E-state index contributed by atoms with van der Waals surface area (Å²) in [7, 11) is 0. The van der Waals surface area contributed by atoms with Gasteiger partial charge in [-0.25, -0.2) is 0 Å². The highest BCUT2D eigenvalue weighted by molar-refractivity contribution is 14.2. The molecule has 3 nitrogen and oxygen atoms in total. The summed E-state index contributed by atoms with van der Waals surface area (Å²) in [6.45, 7) is 0. The summed E-state index contributed by atoms with van der Waals surface area (Å²) < 4.78 is 3.15. The largest absolute Gasteiger partial charge is 0.481 e. The number of hydrogen-bond donors (Lipinski definition) is 1. The third kappa shape index (κ3) is 3.44. The van der Waals surface area contributed by atoms with E-state index in [0.29, 0.717) is 27.9 Å². The van der Waals surface area contributed by atoms with Crippen molar-refractivity contribution in [1.82, 2.24) is 0 Å². The first-order chi connectivity index (χ1) is 10.6. The van der Waals surface area contributed by atoms with Crippen LogP contribution in [-0.4, -0.2) is 21.3 Å². The number of carbonyl (C=O) groups is 1. The van der Waals surface area contributed by atoms with Gasteiger partial charge < -0.3 is 5.11 Å². The first-order valence-electron chi connectivity index (χ1n) is 6.97. The molecule has 1 heterocycles. The summed E-state index contributed by atoms with van der Waals surface area (Å²) in [6.07, 6.45) is 6.45. The summed E-state index contributed by atoms with van der Waals surface area (Å²) in [5, 5.41) is 10.3. The Balaban J connectivity index is 1.97. The molecule has 1 aromatic rings. The van der Waals surface area contributed by atoms with Gasteiger partial charge in [0.05, 0.1) is 16.0 Å². The molecule has 1 unspecified atom stereocenters. The molecule has 116 valence electrons. The average molecular weight is 450 g/mol. The smallest absolute Gasteiger partial charge is 0.311 e. The molecular formula is C16H14Cl2INO2. The molecule has 2 aliphatic rings. The molecule has 1 atom stereocenters. The number of aliphatic imine (C=N–C) groups is 1. The Kier molecular flexibility index (Phi) is 5.00. The van der Waals surface area contributed by atoms with Crippen LogP contribution in [0.4, 0.5) is 0 Å². The molecule has 0 amide bonds. The fourth-order valence-electron chi connectivity index (χ4n) is 2.46. The predicted octanol–water partition coefficient (Wildman–Crippen LogP) is 5.12. The molecule has 1 aromatic carbocycles. The van der Waals surface area contributed by atoms with Crippen molar-refractivity contribution in [3.8, 4) is 0 Å². The van der Waals surface area contributed by atoms with Crippen molar-refractivity contribution in [2.75, 3.05) is 0 Å². The zero-order valence-electron chi connectivity index (χ0n) is 11.6. The maximum absolute atomic E-state index is 11.6. The number of hydrogen-bond acceptors (Lipinski definition) is 2. The van der Waals surface area contributed by atoms with Crippen molar-refractivity contribution in [1.29, 1.82) is 0 Å². The second-order valence-electron chi connectivity index (χ2n) is 5.41. The van der Waals surface area contributed by atoms with Crippen molar-refractivity contribution in [3.63, 3.8) is 0 Å². The van der Waals surface area contributed by atoms with Crippen molar-refractivity contribution in [3.05, 3.63) is 39.5 Å². The van der Waals surface area contributed by atoms with Crippen LogP contribution in [0.1, 0.15) is 36.3 Å². The molecule has 1 aliphatic heterocycles. The SMILES string of the molecule is O=C(O)C(CC1CC1)c1ccc(C2=CN=CC=I2)c(Cl)c1Cl. The van der Waals surface area contributed by atoms with E-state index in [-0.39, 0.29) is 20.7 Å². The lowest BCUT2D eigenvalue weighted by atomic mass is 9.92. The van der Waals surface area contributed by atoms with Crippen LogP contribution in [0.5, 0.6) is 0 Å². The quantitative estimate of drug-likeness (QED) is 0.634. The average Bonchev–Trinajstić information content (AvgIpc) is 3.33. The number of aliphatic carboxylic acids is 1. The van der Waals surface area contributed by atoms with Crippen LogP contribution in [0.25, 0.3) is 3.58 Å². The van der Waals surface area contributed by atoms with Gasteiger partial charge in [0.25, 0.3) is 0 Å². The lowest BCUT2D eigenvalue weighted by molar-refractivity contribution is -0.139. The van der Waals surface area contributed by atoms with Gasteiger partial charge in [0.15, 0.2) is 0 Å². The second kappa shape index (κ2) is 6.81. The molecule has 0 spiro atoms. The van der Waals surface area contributed by atoms with Gasteiger partial charge in [0, 0.05) is 21.6 Å². The highest BCUT2D eigenvalue weighted by Crippen LogP contribution is 2.44. The molecule has 0 saturated heterocycles. The van der Waals surface area contributed by atoms with E-state index in [1.807, 2.05) is 18.3 Å². The third-order valence-electron chi connectivity index (χ3n) is 3.82. The van der Waals surface area contributed by atoms with E-state index >= 15 is 0 Å². The van der Waals surface area contributed by atoms with Crippen LogP contribution >= 0.6 is 43.9 Å². The van der Waals surface area contributed by atoms with Crippen LogP contribution in [0, 0.1) is 5.92 Å². The van der Waals surface area contributed by atoms with Crippen LogP contribution in [0.15, 0.2) is 23.3 Å². The molecule has 0 aromatic heterocycles. The first kappa shape index (κ1) is 16.1. The summed E-state index contributed by atoms with van der Waals surface area (Å²) in [5.74, 6) is -0.905. The van der Waals surface area contributed by atoms with Gasteiger partial charge in [0.2, 0.25) is 0 Å². The minimum Gasteiger partial charge on any atom is -0.481 e. The van der Waals surface area contributed by atoms with Crippen molar-refractivity contribution < 1.29 is 9.90 Å². The molecular weight excluding hydrogens is 436 g/mol. The predicted molar refractivity (Wildman–Crippen MR) is 101 cm³/mol. The maximum atomic E-state index is 11.6. The number of carboxylic acids is 1. The molecule has 0 bridgehead atoms. The lowest BCUT2D eigenvalue weighted by Crippen LogP contribution is -2.13. The number of nitrogens with zero attached hydrogens (tertiary/aromatic N) is 1. The third-order valence-corrected chi connectivity index (χ3v) is 6.93. The molecule has 1 saturated carbocycles. The Hall–Kier alpha value is -0.720. The van der Waals surface area contributed by atoms with E-state index in [2.05, 4.69) is 9.00 Å². The number of halogens is 3. The Morgan fingerprint density at radius 3 is 2.73 bits per heavy atom. The van der Waals surface area contributed by atoms with Crippen molar-refractivity contribution >= 4 is 63.7 Å². The maximum Gasteiger partial charge on any atom is 0.311 e. The monoisotopic (exact) mass is 449 g/mol. The van der Waals surface area contributed by atoms with E-state index < -0.39 is 11.9 Å². The summed E-state index contributed by atoms with van der Waals surface area (Å²) in [6, 6.07) is 3.69. The van der Waals surface area contributed by atoms with Crippen LogP contribution in [-0.2, 0) is 4.79 Å². The van der Waals surface area contributed by atoms with Gasteiger partial charge in [-0.15, -0.1) is 0 Å². The number of benzene rings is 1. The molecule has 0 radical (unpaired) electrons. The zero-order valence-corrected chi connectivity index (χ0v) is 15.3. The Morgan fingerprint density at radius 2 is 2.14 bits per heavy atom. The molecule has 22 heavy (non-hydrogen) atoms. The summed E-state index contributed by atoms with van der Waals surface area (Å²) in [4.78, 5) is 15.7. The summed E-state index contributed by atoms with van der Waals surface area (Å²) >= 11 is 12.5. The molecule has 1 aliphatic carbocycles. The van der Waals surface area contributed by atoms with Gasteiger partial charge in [-0.1, -0.05) is 68.9 Å². The molecule has 3 rings (SSSR count). The van der Waals surface area contributed by atoms with E-state index in [0.717, 1.165) is 22.0 Å². The van der Waals surface area contributed by atoms with Gasteiger partial charge in [-0.05, 0) is 21.9 Å². The van der Waals surface area contributed by atoms with Crippen molar-refractivity contribution in [2.45, 2.75) is 25.2 Å². The molecule has 1 N–H and O–H groups in total. The van der Waals surface area contributed by atoms with E-state index in [9.17, 15) is 9.90 Å². The van der Waals surface area contributed by atoms with Gasteiger partial charge in [-0.2, -0.15) is 0 Å². The fraction of sp³-hybridized carbons (Fsp3) is 0.312. The van der Waals surface area contributed by atoms with Gasteiger partial charge in [0.1, 0.15) is 0 Å². The number of rotatable bonds is 5. The molecule has 1 fully saturated rings. The number of carboxylic acid groups (broad SMARTS) is 1. The standard InChI is InChI=1S/C16H14Cl2INO2/c17-14-10(12(16(21)22)7-9-1-2-9)3-4-11(15(14)18)13-8-20-6-5-19-13/h3-6,8-9,12H,1-2,7H2,(H,21,22). The highest BCUT2D eigenvalue weighted by atomic mass is 127. The van der Waals surface area contributed by atoms with Crippen molar-refractivity contribution in [2.24, 2.45) is 10.9 Å². The second-order valence-corrected chi connectivity index (χ2v) is 8.67. The van der Waals surface area contributed by atoms with Crippen LogP contribution < -0.4 is 0 Å². The van der Waals surface area contributed by atoms with E-state index in [1.54, 1.807) is 6.21 Å². The Morgan fingerprint density at radius 1 is 1.36 bits per heavy atom.